The van der Waals surface area contributed by atoms with Crippen LogP contribution in [0.25, 0.3) is 0 Å². The van der Waals surface area contributed by atoms with Crippen molar-refractivity contribution in [3.8, 4) is 5.75 Å². The molecule has 1 amide bonds. The molecule has 0 aromatic heterocycles. The molecular weight excluding hydrogens is 370 g/mol. The average molecular weight is 410 g/mol. The fourth-order valence-corrected chi connectivity index (χ4v) is 3.54. The molecule has 0 saturated heterocycles. The van der Waals surface area contributed by atoms with Gasteiger partial charge in [-0.3, -0.25) is 4.79 Å². The number of phenolic OH excluding ortho intramolecular Hbond substituents is 1. The molecule has 30 heavy (non-hydrogen) atoms. The maximum Gasteiger partial charge on any atom is 0.231 e. The lowest BCUT2D eigenvalue weighted by Gasteiger charge is -2.28. The van der Waals surface area contributed by atoms with E-state index in [1.807, 2.05) is 25.1 Å². The molecule has 1 atom stereocenters. The van der Waals surface area contributed by atoms with Gasteiger partial charge in [0.15, 0.2) is 0 Å². The van der Waals surface area contributed by atoms with E-state index >= 15 is 0 Å². The first-order valence-electron chi connectivity index (χ1n) is 11.0. The summed E-state index contributed by atoms with van der Waals surface area (Å²) in [6.07, 6.45) is 1.03. The minimum Gasteiger partial charge on any atom is -0.505 e. The number of benzene rings is 2. The van der Waals surface area contributed by atoms with Gasteiger partial charge in [0.25, 0.3) is 0 Å². The summed E-state index contributed by atoms with van der Waals surface area (Å²) in [5, 5.41) is 13.9. The van der Waals surface area contributed by atoms with Crippen LogP contribution in [0.3, 0.4) is 0 Å². The summed E-state index contributed by atoms with van der Waals surface area (Å²) in [7, 11) is 0. The molecule has 3 nitrogen and oxygen atoms in total. The Morgan fingerprint density at radius 3 is 1.97 bits per heavy atom. The molecule has 0 radical (unpaired) electrons. The van der Waals surface area contributed by atoms with Gasteiger partial charge in [-0.2, -0.15) is 0 Å². The normalized spacial score (nSPS) is 13.4. The van der Waals surface area contributed by atoms with Crippen LogP contribution in [0.4, 0.5) is 5.69 Å². The zero-order valence-electron chi connectivity index (χ0n) is 20.2. The van der Waals surface area contributed by atoms with Gasteiger partial charge >= 0.3 is 0 Å². The number of carbonyl (C=O) groups is 1. The highest BCUT2D eigenvalue weighted by molar-refractivity contribution is 5.97. The van der Waals surface area contributed by atoms with Crippen molar-refractivity contribution in [1.29, 1.82) is 0 Å². The van der Waals surface area contributed by atoms with Crippen molar-refractivity contribution in [2.75, 3.05) is 5.32 Å². The van der Waals surface area contributed by atoms with Crippen LogP contribution in [0.2, 0.25) is 0 Å². The van der Waals surface area contributed by atoms with E-state index in [0.717, 1.165) is 23.1 Å². The van der Waals surface area contributed by atoms with Gasteiger partial charge in [0.1, 0.15) is 5.75 Å². The van der Waals surface area contributed by atoms with Crippen LogP contribution in [0.5, 0.6) is 5.75 Å². The Labute approximate surface area is 182 Å². The van der Waals surface area contributed by atoms with Crippen LogP contribution in [0.1, 0.15) is 90.5 Å². The fraction of sp³-hybridized carbons (Fsp3) is 0.519. The average Bonchev–Trinajstić information content (AvgIpc) is 2.60. The zero-order valence-corrected chi connectivity index (χ0v) is 20.2. The largest absolute Gasteiger partial charge is 0.505 e. The molecule has 0 aliphatic carbocycles. The van der Waals surface area contributed by atoms with Crippen molar-refractivity contribution in [2.45, 2.75) is 85.5 Å². The first-order valence-corrected chi connectivity index (χ1v) is 11.0. The molecule has 0 spiro atoms. The topological polar surface area (TPSA) is 49.3 Å². The lowest BCUT2D eigenvalue weighted by Crippen LogP contribution is -2.22. The number of nitrogens with one attached hydrogen (secondary N) is 1. The summed E-state index contributed by atoms with van der Waals surface area (Å²) < 4.78 is 0. The number of rotatable bonds is 5. The van der Waals surface area contributed by atoms with E-state index < -0.39 is 0 Å². The van der Waals surface area contributed by atoms with Gasteiger partial charge in [0.05, 0.1) is 11.6 Å². The van der Waals surface area contributed by atoms with Gasteiger partial charge in [0.2, 0.25) is 5.91 Å². The standard InChI is InChI=1S/C27H39NO2/c1-17(2)14-19-10-12-20(13-11-19)18(3)25(30)28-23-16-21(26(4,5)6)15-22(24(23)29)27(7,8)9/h10-13,15-18,29H,14H2,1-9H3,(H,28,30). The predicted molar refractivity (Wildman–Crippen MR) is 128 cm³/mol. The number of hydrogen-bond acceptors (Lipinski definition) is 2. The summed E-state index contributed by atoms with van der Waals surface area (Å²) in [5.74, 6) is 0.330. The highest BCUT2D eigenvalue weighted by Gasteiger charge is 2.26. The molecule has 0 fully saturated rings. The smallest absolute Gasteiger partial charge is 0.231 e. The Morgan fingerprint density at radius 1 is 0.933 bits per heavy atom. The zero-order chi connectivity index (χ0) is 22.9. The number of hydrogen-bond donors (Lipinski definition) is 2. The predicted octanol–water partition coefficient (Wildman–Crippen LogP) is 6.93. The second kappa shape index (κ2) is 8.83. The fourth-order valence-electron chi connectivity index (χ4n) is 3.54. The molecule has 0 aliphatic heterocycles. The minimum absolute atomic E-state index is 0.0922. The Kier molecular flexibility index (Phi) is 7.06. The third kappa shape index (κ3) is 5.87. The Hall–Kier alpha value is -2.29. The third-order valence-corrected chi connectivity index (χ3v) is 5.56. The molecule has 2 rings (SSSR count). The first kappa shape index (κ1) is 24.0. The van der Waals surface area contributed by atoms with E-state index in [9.17, 15) is 9.90 Å². The van der Waals surface area contributed by atoms with Crippen LogP contribution in [-0.2, 0) is 22.0 Å². The third-order valence-electron chi connectivity index (χ3n) is 5.56. The Balaban J connectivity index is 2.33. The van der Waals surface area contributed by atoms with Crippen LogP contribution >= 0.6 is 0 Å². The molecular formula is C27H39NO2. The second-order valence-corrected chi connectivity index (χ2v) is 11.0. The highest BCUT2D eigenvalue weighted by atomic mass is 16.3. The van der Waals surface area contributed by atoms with E-state index in [-0.39, 0.29) is 28.4 Å². The van der Waals surface area contributed by atoms with Crippen LogP contribution in [-0.4, -0.2) is 11.0 Å². The Morgan fingerprint density at radius 2 is 1.50 bits per heavy atom. The number of phenols is 1. The van der Waals surface area contributed by atoms with E-state index in [1.165, 1.54) is 5.56 Å². The van der Waals surface area contributed by atoms with Crippen molar-refractivity contribution in [3.05, 3.63) is 58.7 Å². The first-order chi connectivity index (χ1) is 13.7. The lowest BCUT2D eigenvalue weighted by molar-refractivity contribution is -0.117. The molecule has 3 heteroatoms. The van der Waals surface area contributed by atoms with E-state index in [2.05, 4.69) is 78.9 Å². The summed E-state index contributed by atoms with van der Waals surface area (Å²) >= 11 is 0. The maximum atomic E-state index is 13.0. The molecule has 2 N–H and O–H groups in total. The van der Waals surface area contributed by atoms with E-state index in [4.69, 9.17) is 0 Å². The number of aromatic hydroxyl groups is 1. The maximum absolute atomic E-state index is 13.0. The van der Waals surface area contributed by atoms with Crippen LogP contribution in [0.15, 0.2) is 36.4 Å². The van der Waals surface area contributed by atoms with Crippen molar-refractivity contribution < 1.29 is 9.90 Å². The van der Waals surface area contributed by atoms with Crippen molar-refractivity contribution in [3.63, 3.8) is 0 Å². The van der Waals surface area contributed by atoms with E-state index in [1.54, 1.807) is 0 Å². The SMILES string of the molecule is CC(C)Cc1ccc(C(C)C(=O)Nc2cc(C(C)(C)C)cc(C(C)(C)C)c2O)cc1. The number of amides is 1. The summed E-state index contributed by atoms with van der Waals surface area (Å²) in [5.41, 5.74) is 4.35. The second-order valence-electron chi connectivity index (χ2n) is 11.0. The van der Waals surface area contributed by atoms with E-state index in [0.29, 0.717) is 11.6 Å². The molecule has 0 saturated carbocycles. The van der Waals surface area contributed by atoms with Gasteiger partial charge in [-0.1, -0.05) is 85.7 Å². The Bertz CT molecular complexity index is 881. The molecule has 1 unspecified atom stereocenters. The van der Waals surface area contributed by atoms with Gasteiger partial charge in [-0.05, 0) is 52.8 Å². The lowest BCUT2D eigenvalue weighted by atomic mass is 9.79. The van der Waals surface area contributed by atoms with Crippen LogP contribution < -0.4 is 5.32 Å². The highest BCUT2D eigenvalue weighted by Crippen LogP contribution is 2.40. The molecule has 0 aliphatic rings. The molecule has 2 aromatic carbocycles. The molecule has 0 bridgehead atoms. The van der Waals surface area contributed by atoms with Gasteiger partial charge in [-0.15, -0.1) is 0 Å². The summed E-state index contributed by atoms with van der Waals surface area (Å²) in [6, 6.07) is 12.2. The van der Waals surface area contributed by atoms with Crippen molar-refractivity contribution in [2.24, 2.45) is 5.92 Å². The van der Waals surface area contributed by atoms with Gasteiger partial charge < -0.3 is 10.4 Å². The molecule has 2 aromatic rings. The molecule has 0 heterocycles. The quantitative estimate of drug-likeness (QED) is 0.526. The molecule has 164 valence electrons. The van der Waals surface area contributed by atoms with Crippen molar-refractivity contribution >= 4 is 11.6 Å². The summed E-state index contributed by atoms with van der Waals surface area (Å²) in [4.78, 5) is 13.0. The van der Waals surface area contributed by atoms with Crippen LogP contribution in [0, 0.1) is 5.92 Å². The monoisotopic (exact) mass is 409 g/mol. The summed E-state index contributed by atoms with van der Waals surface area (Å²) in [6.45, 7) is 18.9. The van der Waals surface area contributed by atoms with Gasteiger partial charge in [-0.25, -0.2) is 0 Å². The van der Waals surface area contributed by atoms with Gasteiger partial charge in [0, 0.05) is 5.56 Å². The van der Waals surface area contributed by atoms with Crippen molar-refractivity contribution in [1.82, 2.24) is 0 Å². The number of anilines is 1. The number of carbonyl (C=O) groups excluding carboxylic acids is 1. The minimum atomic E-state index is -0.311.